The van der Waals surface area contributed by atoms with Crippen molar-refractivity contribution < 1.29 is 0 Å². The standard InChI is InChI=1S/C21H36/c1-4-7-8-9-10-11-12-16-20-18-13-17-19(14-5-2)21(20)15-6-3/h13,17-18H,4-12,14-16H2,1-3H3. The molecule has 1 aromatic rings. The van der Waals surface area contributed by atoms with Crippen molar-refractivity contribution in [2.45, 2.75) is 97.8 Å². The SMILES string of the molecule is CCCCCCCCCc1cccc(CCC)c1CCC. The summed E-state index contributed by atoms with van der Waals surface area (Å²) in [7, 11) is 0. The van der Waals surface area contributed by atoms with E-state index in [2.05, 4.69) is 39.0 Å². The fourth-order valence-electron chi connectivity index (χ4n) is 3.27. The zero-order chi connectivity index (χ0) is 15.3. The average Bonchev–Trinajstić information content (AvgIpc) is 2.49. The summed E-state index contributed by atoms with van der Waals surface area (Å²) in [5.41, 5.74) is 4.92. The van der Waals surface area contributed by atoms with Gasteiger partial charge in [-0.2, -0.15) is 0 Å². The number of rotatable bonds is 12. The molecule has 0 fully saturated rings. The maximum atomic E-state index is 2.38. The quantitative estimate of drug-likeness (QED) is 0.367. The van der Waals surface area contributed by atoms with Gasteiger partial charge in [-0.15, -0.1) is 0 Å². The third-order valence-corrected chi connectivity index (χ3v) is 4.44. The summed E-state index contributed by atoms with van der Waals surface area (Å²) in [4.78, 5) is 0. The topological polar surface area (TPSA) is 0 Å². The smallest absolute Gasteiger partial charge is 0.0276 e. The van der Waals surface area contributed by atoms with Crippen LogP contribution in [0.15, 0.2) is 18.2 Å². The van der Waals surface area contributed by atoms with Crippen molar-refractivity contribution in [2.75, 3.05) is 0 Å². The van der Waals surface area contributed by atoms with E-state index < -0.39 is 0 Å². The van der Waals surface area contributed by atoms with Crippen LogP contribution in [0, 0.1) is 0 Å². The van der Waals surface area contributed by atoms with Gasteiger partial charge in [-0.25, -0.2) is 0 Å². The lowest BCUT2D eigenvalue weighted by molar-refractivity contribution is 0.588. The third-order valence-electron chi connectivity index (χ3n) is 4.44. The van der Waals surface area contributed by atoms with Gasteiger partial charge in [0.25, 0.3) is 0 Å². The first-order valence-corrected chi connectivity index (χ1v) is 9.43. The van der Waals surface area contributed by atoms with Crippen LogP contribution in [0.2, 0.25) is 0 Å². The molecule has 0 aliphatic rings. The second-order valence-electron chi connectivity index (χ2n) is 6.43. The highest BCUT2D eigenvalue weighted by Crippen LogP contribution is 2.21. The third kappa shape index (κ3) is 7.16. The highest BCUT2D eigenvalue weighted by Gasteiger charge is 2.07. The molecule has 0 spiro atoms. The first kappa shape index (κ1) is 18.3. The van der Waals surface area contributed by atoms with Gasteiger partial charge in [-0.1, -0.05) is 90.3 Å². The number of unbranched alkanes of at least 4 members (excludes halogenated alkanes) is 6. The van der Waals surface area contributed by atoms with E-state index in [-0.39, 0.29) is 0 Å². The second-order valence-corrected chi connectivity index (χ2v) is 6.43. The molecule has 1 rings (SSSR count). The summed E-state index contributed by atoms with van der Waals surface area (Å²) >= 11 is 0. The Labute approximate surface area is 133 Å². The molecule has 0 saturated heterocycles. The van der Waals surface area contributed by atoms with Crippen molar-refractivity contribution in [3.05, 3.63) is 34.9 Å². The van der Waals surface area contributed by atoms with Gasteiger partial charge in [0.2, 0.25) is 0 Å². The van der Waals surface area contributed by atoms with Gasteiger partial charge in [0, 0.05) is 0 Å². The molecule has 1 aromatic carbocycles. The lowest BCUT2D eigenvalue weighted by Crippen LogP contribution is -2.00. The van der Waals surface area contributed by atoms with Crippen LogP contribution < -0.4 is 0 Å². The van der Waals surface area contributed by atoms with E-state index in [4.69, 9.17) is 0 Å². The van der Waals surface area contributed by atoms with Crippen molar-refractivity contribution in [3.63, 3.8) is 0 Å². The van der Waals surface area contributed by atoms with Crippen LogP contribution >= 0.6 is 0 Å². The van der Waals surface area contributed by atoms with Gasteiger partial charge in [0.05, 0.1) is 0 Å². The number of hydrogen-bond donors (Lipinski definition) is 0. The van der Waals surface area contributed by atoms with Crippen molar-refractivity contribution in [3.8, 4) is 0 Å². The normalized spacial score (nSPS) is 11.0. The summed E-state index contributed by atoms with van der Waals surface area (Å²) < 4.78 is 0. The summed E-state index contributed by atoms with van der Waals surface area (Å²) in [6, 6.07) is 7.00. The summed E-state index contributed by atoms with van der Waals surface area (Å²) in [5.74, 6) is 0. The Bertz CT molecular complexity index is 364. The highest BCUT2D eigenvalue weighted by atomic mass is 14.1. The monoisotopic (exact) mass is 288 g/mol. The number of aryl methyl sites for hydroxylation is 2. The minimum Gasteiger partial charge on any atom is -0.0654 e. The summed E-state index contributed by atoms with van der Waals surface area (Å²) in [6.07, 6.45) is 16.2. The number of benzene rings is 1. The Balaban J connectivity index is 2.44. The Morgan fingerprint density at radius 2 is 1.14 bits per heavy atom. The summed E-state index contributed by atoms with van der Waals surface area (Å²) in [5, 5.41) is 0. The minimum absolute atomic E-state index is 1.25. The molecular weight excluding hydrogens is 252 g/mol. The second kappa shape index (κ2) is 11.8. The molecule has 0 nitrogen and oxygen atoms in total. The molecule has 0 amide bonds. The molecule has 0 bridgehead atoms. The maximum absolute atomic E-state index is 2.38. The molecule has 0 unspecified atom stereocenters. The van der Waals surface area contributed by atoms with E-state index in [0.717, 1.165) is 0 Å². The average molecular weight is 289 g/mol. The van der Waals surface area contributed by atoms with Gasteiger partial charge in [-0.3, -0.25) is 0 Å². The fraction of sp³-hybridized carbons (Fsp3) is 0.714. The Kier molecular flexibility index (Phi) is 10.3. The molecule has 0 aliphatic heterocycles. The molecule has 0 radical (unpaired) electrons. The van der Waals surface area contributed by atoms with E-state index in [0.29, 0.717) is 0 Å². The fourth-order valence-corrected chi connectivity index (χ4v) is 3.27. The van der Waals surface area contributed by atoms with Gasteiger partial charge in [0.1, 0.15) is 0 Å². The zero-order valence-electron chi connectivity index (χ0n) is 14.7. The minimum atomic E-state index is 1.25. The van der Waals surface area contributed by atoms with Gasteiger partial charge < -0.3 is 0 Å². The highest BCUT2D eigenvalue weighted by molar-refractivity contribution is 5.35. The number of hydrogen-bond acceptors (Lipinski definition) is 0. The van der Waals surface area contributed by atoms with E-state index >= 15 is 0 Å². The van der Waals surface area contributed by atoms with Crippen LogP contribution in [-0.2, 0) is 19.3 Å². The van der Waals surface area contributed by atoms with E-state index in [1.54, 1.807) is 16.7 Å². The van der Waals surface area contributed by atoms with E-state index in [1.165, 1.54) is 77.0 Å². The van der Waals surface area contributed by atoms with Gasteiger partial charge in [0.15, 0.2) is 0 Å². The largest absolute Gasteiger partial charge is 0.0654 e. The van der Waals surface area contributed by atoms with Crippen LogP contribution in [0.1, 0.15) is 95.2 Å². The van der Waals surface area contributed by atoms with Crippen LogP contribution in [0.3, 0.4) is 0 Å². The Morgan fingerprint density at radius 1 is 0.571 bits per heavy atom. The van der Waals surface area contributed by atoms with Crippen molar-refractivity contribution in [1.29, 1.82) is 0 Å². The molecule has 0 heteroatoms. The lowest BCUT2D eigenvalue weighted by Gasteiger charge is -2.14. The molecule has 0 saturated carbocycles. The van der Waals surface area contributed by atoms with Crippen molar-refractivity contribution in [2.24, 2.45) is 0 Å². The molecule has 0 aromatic heterocycles. The van der Waals surface area contributed by atoms with Crippen molar-refractivity contribution >= 4 is 0 Å². The predicted octanol–water partition coefficient (Wildman–Crippen LogP) is 6.88. The molecular formula is C21H36. The maximum Gasteiger partial charge on any atom is -0.0276 e. The lowest BCUT2D eigenvalue weighted by atomic mass is 9.91. The van der Waals surface area contributed by atoms with E-state index in [9.17, 15) is 0 Å². The van der Waals surface area contributed by atoms with Crippen LogP contribution in [0.25, 0.3) is 0 Å². The predicted molar refractivity (Wildman–Crippen MR) is 96.1 cm³/mol. The molecule has 120 valence electrons. The summed E-state index contributed by atoms with van der Waals surface area (Å²) in [6.45, 7) is 6.89. The van der Waals surface area contributed by atoms with Gasteiger partial charge >= 0.3 is 0 Å². The molecule has 0 aliphatic carbocycles. The Morgan fingerprint density at radius 3 is 1.76 bits per heavy atom. The first-order valence-electron chi connectivity index (χ1n) is 9.43. The first-order chi connectivity index (χ1) is 10.3. The van der Waals surface area contributed by atoms with Crippen LogP contribution in [0.5, 0.6) is 0 Å². The van der Waals surface area contributed by atoms with Gasteiger partial charge in [-0.05, 0) is 42.4 Å². The molecule has 21 heavy (non-hydrogen) atoms. The van der Waals surface area contributed by atoms with E-state index in [1.807, 2.05) is 0 Å². The molecule has 0 heterocycles. The van der Waals surface area contributed by atoms with Crippen LogP contribution in [0.4, 0.5) is 0 Å². The molecule has 0 atom stereocenters. The Hall–Kier alpha value is -0.780. The molecule has 0 N–H and O–H groups in total. The van der Waals surface area contributed by atoms with Crippen molar-refractivity contribution in [1.82, 2.24) is 0 Å². The van der Waals surface area contributed by atoms with Crippen LogP contribution in [-0.4, -0.2) is 0 Å². The zero-order valence-corrected chi connectivity index (χ0v) is 14.7.